The molecule has 0 radical (unpaired) electrons. The summed E-state index contributed by atoms with van der Waals surface area (Å²) in [5.74, 6) is 0.536. The van der Waals surface area contributed by atoms with E-state index in [1.54, 1.807) is 19.9 Å². The molecule has 9 heteroatoms. The van der Waals surface area contributed by atoms with Crippen LogP contribution in [0.2, 0.25) is 0 Å². The summed E-state index contributed by atoms with van der Waals surface area (Å²) in [5, 5.41) is 0. The van der Waals surface area contributed by atoms with Crippen LogP contribution in [-0.2, 0) is 41.4 Å². The highest BCUT2D eigenvalue weighted by Crippen LogP contribution is 2.35. The number of esters is 2. The van der Waals surface area contributed by atoms with Gasteiger partial charge in [-0.05, 0) is 98.7 Å². The molecule has 0 spiro atoms. The maximum atomic E-state index is 15.7. The predicted molar refractivity (Wildman–Crippen MR) is 199 cm³/mol. The molecule has 0 unspecified atom stereocenters. The van der Waals surface area contributed by atoms with E-state index in [0.717, 1.165) is 50.0 Å². The molecule has 2 aromatic carbocycles. The lowest BCUT2D eigenvalue weighted by Crippen LogP contribution is -2.21. The van der Waals surface area contributed by atoms with Crippen molar-refractivity contribution in [3.8, 4) is 22.6 Å². The molecule has 0 bridgehead atoms. The lowest BCUT2D eigenvalue weighted by molar-refractivity contribution is -0.143. The van der Waals surface area contributed by atoms with E-state index < -0.39 is 5.97 Å². The molecule has 284 valence electrons. The second-order valence-electron chi connectivity index (χ2n) is 13.5. The zero-order chi connectivity index (χ0) is 36.7. The fourth-order valence-electron chi connectivity index (χ4n) is 6.04. The van der Waals surface area contributed by atoms with Crippen molar-refractivity contribution in [3.63, 3.8) is 0 Å². The first kappa shape index (κ1) is 42.0. The quantitative estimate of drug-likeness (QED) is 0.0412. The highest BCUT2D eigenvalue weighted by Gasteiger charge is 2.18. The summed E-state index contributed by atoms with van der Waals surface area (Å²) in [5.41, 5.74) is 3.20. The summed E-state index contributed by atoms with van der Waals surface area (Å²) in [6, 6.07) is 8.91. The Morgan fingerprint density at radius 1 is 0.824 bits per heavy atom. The molecule has 0 saturated carbocycles. The second kappa shape index (κ2) is 24.7. The first-order valence-electron chi connectivity index (χ1n) is 19.2. The minimum Gasteiger partial charge on any atom is -0.493 e. The molecule has 51 heavy (non-hydrogen) atoms. The number of unbranched alkanes of at least 4 members (excludes halogenated alkanes) is 7. The molecule has 0 amide bonds. The Kier molecular flexibility index (Phi) is 20.3. The summed E-state index contributed by atoms with van der Waals surface area (Å²) in [7, 11) is 0. The van der Waals surface area contributed by atoms with Gasteiger partial charge in [-0.3, -0.25) is 4.79 Å². The monoisotopic (exact) mass is 712 g/mol. The van der Waals surface area contributed by atoms with Gasteiger partial charge in [0.25, 0.3) is 0 Å². The number of rotatable bonds is 26. The van der Waals surface area contributed by atoms with Gasteiger partial charge in [0.15, 0.2) is 6.79 Å². The zero-order valence-electron chi connectivity index (χ0n) is 31.4. The number of halogens is 1. The van der Waals surface area contributed by atoms with Gasteiger partial charge in [0, 0.05) is 36.8 Å². The lowest BCUT2D eigenvalue weighted by atomic mass is 9.94. The third-order valence-electron chi connectivity index (χ3n) is 9.06. The Labute approximate surface area is 305 Å². The van der Waals surface area contributed by atoms with Crippen LogP contribution < -0.4 is 9.47 Å². The topological polar surface area (TPSA) is 89.5 Å². The van der Waals surface area contributed by atoms with Gasteiger partial charge in [-0.1, -0.05) is 65.4 Å². The standard InChI is InChI=1S/C42H61FO8/c1-5-7-8-9-10-11-12-13-22-48-37-18-19-38(39(43)29-37)36-27-34(16-14-23-49-40(44)6-2)41(51-31-47-30-33-20-25-46-26-21-33)35(28-36)17-15-24-50-42(45)32(3)4/h18-19,27-29,33H,3,5-17,20-26,30-31H2,1-2,4H3. The molecule has 1 aliphatic rings. The SMILES string of the molecule is C=C(C)C(=O)OCCCc1cc(-c2ccc(OCCCCCCCCCC)cc2F)cc(CCCOC(=O)CC)c1OCOCC1CCOCC1. The first-order chi connectivity index (χ1) is 24.8. The van der Waals surface area contributed by atoms with E-state index in [1.807, 2.05) is 18.2 Å². The van der Waals surface area contributed by atoms with Gasteiger partial charge >= 0.3 is 11.9 Å². The number of benzene rings is 2. The smallest absolute Gasteiger partial charge is 0.333 e. The van der Waals surface area contributed by atoms with Crippen LogP contribution in [0.1, 0.15) is 115 Å². The second-order valence-corrected chi connectivity index (χ2v) is 13.5. The van der Waals surface area contributed by atoms with E-state index >= 15 is 4.39 Å². The van der Waals surface area contributed by atoms with Gasteiger partial charge in [0.2, 0.25) is 0 Å². The fourth-order valence-corrected chi connectivity index (χ4v) is 6.04. The minimum atomic E-state index is -0.434. The molecular weight excluding hydrogens is 651 g/mol. The molecule has 0 aromatic heterocycles. The fraction of sp³-hybridized carbons (Fsp3) is 0.619. The Bertz CT molecular complexity index is 1340. The van der Waals surface area contributed by atoms with Crippen LogP contribution in [0.4, 0.5) is 4.39 Å². The van der Waals surface area contributed by atoms with E-state index in [2.05, 4.69) is 13.5 Å². The number of hydrogen-bond acceptors (Lipinski definition) is 8. The third kappa shape index (κ3) is 16.2. The van der Waals surface area contributed by atoms with Crippen molar-refractivity contribution in [1.29, 1.82) is 0 Å². The van der Waals surface area contributed by atoms with E-state index in [4.69, 9.17) is 28.4 Å². The zero-order valence-corrected chi connectivity index (χ0v) is 31.4. The van der Waals surface area contributed by atoms with Crippen molar-refractivity contribution in [2.75, 3.05) is 46.4 Å². The average Bonchev–Trinajstić information content (AvgIpc) is 3.13. The van der Waals surface area contributed by atoms with Crippen LogP contribution in [0, 0.1) is 11.7 Å². The van der Waals surface area contributed by atoms with Crippen molar-refractivity contribution in [1.82, 2.24) is 0 Å². The molecular formula is C42H61FO8. The van der Waals surface area contributed by atoms with Crippen LogP contribution in [0.15, 0.2) is 42.5 Å². The Morgan fingerprint density at radius 2 is 1.47 bits per heavy atom. The maximum absolute atomic E-state index is 15.7. The molecule has 0 N–H and O–H groups in total. The van der Waals surface area contributed by atoms with Crippen molar-refractivity contribution in [2.24, 2.45) is 5.92 Å². The predicted octanol–water partition coefficient (Wildman–Crippen LogP) is 9.73. The van der Waals surface area contributed by atoms with Crippen LogP contribution in [0.3, 0.4) is 0 Å². The van der Waals surface area contributed by atoms with E-state index in [-0.39, 0.29) is 31.8 Å². The molecule has 3 rings (SSSR count). The van der Waals surface area contributed by atoms with Crippen molar-refractivity contribution < 1.29 is 42.4 Å². The third-order valence-corrected chi connectivity index (χ3v) is 9.06. The average molecular weight is 713 g/mol. The number of hydrogen-bond donors (Lipinski definition) is 0. The highest BCUT2D eigenvalue weighted by atomic mass is 19.1. The molecule has 8 nitrogen and oxygen atoms in total. The molecule has 1 saturated heterocycles. The van der Waals surface area contributed by atoms with Gasteiger partial charge in [0.05, 0.1) is 26.4 Å². The Hall–Kier alpha value is -3.43. The van der Waals surface area contributed by atoms with E-state index in [9.17, 15) is 9.59 Å². The maximum Gasteiger partial charge on any atom is 0.333 e. The molecule has 1 heterocycles. The van der Waals surface area contributed by atoms with Crippen molar-refractivity contribution >= 4 is 11.9 Å². The van der Waals surface area contributed by atoms with Crippen LogP contribution in [0.25, 0.3) is 11.1 Å². The summed E-state index contributed by atoms with van der Waals surface area (Å²) in [4.78, 5) is 23.8. The largest absolute Gasteiger partial charge is 0.493 e. The summed E-state index contributed by atoms with van der Waals surface area (Å²) in [6.45, 7) is 12.4. The molecule has 2 aromatic rings. The number of carbonyl (C=O) groups is 2. The van der Waals surface area contributed by atoms with E-state index in [1.165, 1.54) is 44.6 Å². The van der Waals surface area contributed by atoms with E-state index in [0.29, 0.717) is 79.4 Å². The van der Waals surface area contributed by atoms with Gasteiger partial charge in [-0.15, -0.1) is 0 Å². The van der Waals surface area contributed by atoms with Gasteiger partial charge in [-0.2, -0.15) is 0 Å². The van der Waals surface area contributed by atoms with Crippen LogP contribution in [0.5, 0.6) is 11.5 Å². The van der Waals surface area contributed by atoms with Crippen molar-refractivity contribution in [2.45, 2.75) is 117 Å². The first-order valence-corrected chi connectivity index (χ1v) is 19.2. The Balaban J connectivity index is 1.77. The highest BCUT2D eigenvalue weighted by molar-refractivity contribution is 5.86. The molecule has 1 fully saturated rings. The summed E-state index contributed by atoms with van der Waals surface area (Å²) < 4.78 is 50.1. The Morgan fingerprint density at radius 3 is 2.10 bits per heavy atom. The normalized spacial score (nSPS) is 13.2. The van der Waals surface area contributed by atoms with Gasteiger partial charge < -0.3 is 28.4 Å². The number of carbonyl (C=O) groups excluding carboxylic acids is 2. The molecule has 0 atom stereocenters. The molecule has 0 aliphatic carbocycles. The number of ether oxygens (including phenoxy) is 6. The number of aryl methyl sites for hydroxylation is 2. The van der Waals surface area contributed by atoms with Gasteiger partial charge in [0.1, 0.15) is 17.3 Å². The molecule has 1 aliphatic heterocycles. The minimum absolute atomic E-state index is 0.0609. The summed E-state index contributed by atoms with van der Waals surface area (Å²) in [6.07, 6.45) is 14.0. The summed E-state index contributed by atoms with van der Waals surface area (Å²) >= 11 is 0. The van der Waals surface area contributed by atoms with Gasteiger partial charge in [-0.25, -0.2) is 9.18 Å². The van der Waals surface area contributed by atoms with Crippen LogP contribution in [-0.4, -0.2) is 58.4 Å². The van der Waals surface area contributed by atoms with Crippen LogP contribution >= 0.6 is 0 Å². The van der Waals surface area contributed by atoms with Crippen molar-refractivity contribution in [3.05, 3.63) is 59.4 Å². The lowest BCUT2D eigenvalue weighted by Gasteiger charge is -2.23.